The molecule has 0 saturated heterocycles. The molecule has 1 amide bonds. The third kappa shape index (κ3) is 4.61. The van der Waals surface area contributed by atoms with Crippen molar-refractivity contribution in [2.24, 2.45) is 5.92 Å². The van der Waals surface area contributed by atoms with Crippen LogP contribution in [0.15, 0.2) is 18.2 Å². The Labute approximate surface area is 131 Å². The van der Waals surface area contributed by atoms with Gasteiger partial charge in [-0.3, -0.25) is 4.79 Å². The lowest BCUT2D eigenvalue weighted by atomic mass is 9.96. The van der Waals surface area contributed by atoms with E-state index in [1.54, 1.807) is 14.2 Å². The number of nitrogens with one attached hydrogen (secondary N) is 2. The van der Waals surface area contributed by atoms with Crippen molar-refractivity contribution in [3.63, 3.8) is 0 Å². The van der Waals surface area contributed by atoms with Crippen LogP contribution in [0.5, 0.6) is 11.5 Å². The van der Waals surface area contributed by atoms with Gasteiger partial charge in [0.2, 0.25) is 5.91 Å². The number of fused-ring (bicyclic) bond motifs is 1. The SMILES string of the molecule is COCCNCCNC(=O)C1COc2ccc(OC)cc2C1. The number of amides is 1. The summed E-state index contributed by atoms with van der Waals surface area (Å²) < 4.78 is 15.8. The first kappa shape index (κ1) is 16.6. The van der Waals surface area contributed by atoms with Gasteiger partial charge in [-0.1, -0.05) is 0 Å². The first-order chi connectivity index (χ1) is 10.7. The van der Waals surface area contributed by atoms with E-state index in [1.807, 2.05) is 18.2 Å². The van der Waals surface area contributed by atoms with Crippen LogP contribution < -0.4 is 20.1 Å². The first-order valence-corrected chi connectivity index (χ1v) is 7.51. The van der Waals surface area contributed by atoms with Crippen LogP contribution in [0.25, 0.3) is 0 Å². The van der Waals surface area contributed by atoms with Crippen LogP contribution in [0.3, 0.4) is 0 Å². The monoisotopic (exact) mass is 308 g/mol. The van der Waals surface area contributed by atoms with Crippen LogP contribution in [0.1, 0.15) is 5.56 Å². The van der Waals surface area contributed by atoms with Crippen LogP contribution in [-0.4, -0.2) is 53.0 Å². The zero-order chi connectivity index (χ0) is 15.8. The second-order valence-corrected chi connectivity index (χ2v) is 5.22. The van der Waals surface area contributed by atoms with E-state index in [4.69, 9.17) is 14.2 Å². The quantitative estimate of drug-likeness (QED) is 0.688. The van der Waals surface area contributed by atoms with Crippen molar-refractivity contribution in [3.8, 4) is 11.5 Å². The molecule has 1 aromatic carbocycles. The minimum absolute atomic E-state index is 0.0296. The van der Waals surface area contributed by atoms with E-state index in [-0.39, 0.29) is 11.8 Å². The van der Waals surface area contributed by atoms with Crippen molar-refractivity contribution in [2.45, 2.75) is 6.42 Å². The lowest BCUT2D eigenvalue weighted by molar-refractivity contribution is -0.126. The summed E-state index contributed by atoms with van der Waals surface area (Å²) in [5, 5.41) is 6.12. The highest BCUT2D eigenvalue weighted by atomic mass is 16.5. The van der Waals surface area contributed by atoms with Crippen molar-refractivity contribution in [1.29, 1.82) is 0 Å². The van der Waals surface area contributed by atoms with Crippen molar-refractivity contribution in [3.05, 3.63) is 23.8 Å². The van der Waals surface area contributed by atoms with E-state index in [9.17, 15) is 4.79 Å². The fourth-order valence-electron chi connectivity index (χ4n) is 2.38. The van der Waals surface area contributed by atoms with E-state index in [1.165, 1.54) is 0 Å². The van der Waals surface area contributed by atoms with E-state index >= 15 is 0 Å². The van der Waals surface area contributed by atoms with E-state index < -0.39 is 0 Å². The van der Waals surface area contributed by atoms with Gasteiger partial charge in [0, 0.05) is 26.7 Å². The average molecular weight is 308 g/mol. The Bertz CT molecular complexity index is 493. The largest absolute Gasteiger partial charge is 0.497 e. The van der Waals surface area contributed by atoms with E-state index in [0.29, 0.717) is 26.2 Å². The highest BCUT2D eigenvalue weighted by molar-refractivity contribution is 5.79. The van der Waals surface area contributed by atoms with E-state index in [2.05, 4.69) is 10.6 Å². The third-order valence-electron chi connectivity index (χ3n) is 3.63. The lowest BCUT2D eigenvalue weighted by Crippen LogP contribution is -2.40. The van der Waals surface area contributed by atoms with Crippen LogP contribution >= 0.6 is 0 Å². The number of methoxy groups -OCH3 is 2. The number of rotatable bonds is 8. The zero-order valence-corrected chi connectivity index (χ0v) is 13.2. The highest BCUT2D eigenvalue weighted by Gasteiger charge is 2.26. The Morgan fingerprint density at radius 2 is 2.18 bits per heavy atom. The number of carbonyl (C=O) groups is 1. The first-order valence-electron chi connectivity index (χ1n) is 7.51. The smallest absolute Gasteiger partial charge is 0.226 e. The Morgan fingerprint density at radius 3 is 2.95 bits per heavy atom. The molecule has 6 heteroatoms. The van der Waals surface area contributed by atoms with E-state index in [0.717, 1.165) is 30.2 Å². The summed E-state index contributed by atoms with van der Waals surface area (Å²) in [6.45, 7) is 3.20. The predicted octanol–water partition coefficient (Wildman–Crippen LogP) is 0.599. The summed E-state index contributed by atoms with van der Waals surface area (Å²) >= 11 is 0. The number of ether oxygens (including phenoxy) is 3. The number of hydrogen-bond donors (Lipinski definition) is 2. The molecule has 0 bridgehead atoms. The summed E-state index contributed by atoms with van der Waals surface area (Å²) in [7, 11) is 3.30. The van der Waals surface area contributed by atoms with Crippen LogP contribution in [-0.2, 0) is 16.0 Å². The maximum absolute atomic E-state index is 12.2. The van der Waals surface area contributed by atoms with Gasteiger partial charge in [-0.05, 0) is 30.2 Å². The van der Waals surface area contributed by atoms with Crippen molar-refractivity contribution in [2.75, 3.05) is 47.1 Å². The Hall–Kier alpha value is -1.79. The average Bonchev–Trinajstić information content (AvgIpc) is 2.56. The Balaban J connectivity index is 1.77. The number of benzene rings is 1. The van der Waals surface area contributed by atoms with Crippen molar-refractivity contribution < 1.29 is 19.0 Å². The molecule has 0 saturated carbocycles. The normalized spacial score (nSPS) is 16.5. The molecule has 1 aliphatic heterocycles. The molecule has 6 nitrogen and oxygen atoms in total. The van der Waals surface area contributed by atoms with Crippen molar-refractivity contribution in [1.82, 2.24) is 10.6 Å². The Morgan fingerprint density at radius 1 is 1.32 bits per heavy atom. The summed E-state index contributed by atoms with van der Waals surface area (Å²) in [5.41, 5.74) is 1.02. The molecule has 0 fully saturated rings. The van der Waals surface area contributed by atoms with Crippen LogP contribution in [0, 0.1) is 5.92 Å². The summed E-state index contributed by atoms with van der Waals surface area (Å²) in [6.07, 6.45) is 0.676. The molecule has 1 atom stereocenters. The molecule has 0 aliphatic carbocycles. The Kier molecular flexibility index (Phi) is 6.48. The van der Waals surface area contributed by atoms with Gasteiger partial charge in [0.25, 0.3) is 0 Å². The molecule has 1 aliphatic rings. The molecule has 1 heterocycles. The molecule has 1 unspecified atom stereocenters. The maximum atomic E-state index is 12.2. The fraction of sp³-hybridized carbons (Fsp3) is 0.562. The molecular weight excluding hydrogens is 284 g/mol. The standard InChI is InChI=1S/C16H24N2O4/c1-20-8-7-17-5-6-18-16(19)13-9-12-10-14(21-2)3-4-15(12)22-11-13/h3-4,10,13,17H,5-9,11H2,1-2H3,(H,18,19). The molecule has 2 N–H and O–H groups in total. The summed E-state index contributed by atoms with van der Waals surface area (Å²) in [6, 6.07) is 5.69. The van der Waals surface area contributed by atoms with Crippen LogP contribution in [0.4, 0.5) is 0 Å². The minimum atomic E-state index is -0.154. The van der Waals surface area contributed by atoms with Gasteiger partial charge >= 0.3 is 0 Å². The topological polar surface area (TPSA) is 68.8 Å². The molecule has 0 radical (unpaired) electrons. The van der Waals surface area contributed by atoms with Gasteiger partial charge in [0.15, 0.2) is 0 Å². The zero-order valence-electron chi connectivity index (χ0n) is 13.2. The molecule has 0 aromatic heterocycles. The molecule has 1 aromatic rings. The third-order valence-corrected chi connectivity index (χ3v) is 3.63. The fourth-order valence-corrected chi connectivity index (χ4v) is 2.38. The van der Waals surface area contributed by atoms with Gasteiger partial charge in [-0.15, -0.1) is 0 Å². The van der Waals surface area contributed by atoms with Crippen LogP contribution in [0.2, 0.25) is 0 Å². The van der Waals surface area contributed by atoms with Gasteiger partial charge in [-0.2, -0.15) is 0 Å². The van der Waals surface area contributed by atoms with Gasteiger partial charge < -0.3 is 24.8 Å². The second kappa shape index (κ2) is 8.60. The molecule has 0 spiro atoms. The minimum Gasteiger partial charge on any atom is -0.497 e. The molecule has 122 valence electrons. The second-order valence-electron chi connectivity index (χ2n) is 5.22. The highest BCUT2D eigenvalue weighted by Crippen LogP contribution is 2.30. The predicted molar refractivity (Wildman–Crippen MR) is 83.4 cm³/mol. The molecule has 22 heavy (non-hydrogen) atoms. The summed E-state index contributed by atoms with van der Waals surface area (Å²) in [5.74, 6) is 1.50. The lowest BCUT2D eigenvalue weighted by Gasteiger charge is -2.25. The van der Waals surface area contributed by atoms with Gasteiger partial charge in [0.05, 0.1) is 19.6 Å². The summed E-state index contributed by atoms with van der Waals surface area (Å²) in [4.78, 5) is 12.2. The number of hydrogen-bond acceptors (Lipinski definition) is 5. The van der Waals surface area contributed by atoms with Crippen molar-refractivity contribution >= 4 is 5.91 Å². The molecule has 2 rings (SSSR count). The number of carbonyl (C=O) groups excluding carboxylic acids is 1. The maximum Gasteiger partial charge on any atom is 0.226 e. The van der Waals surface area contributed by atoms with Gasteiger partial charge in [-0.25, -0.2) is 0 Å². The van der Waals surface area contributed by atoms with Gasteiger partial charge in [0.1, 0.15) is 18.1 Å². The molecular formula is C16H24N2O4.